The third-order valence-corrected chi connectivity index (χ3v) is 3.23. The van der Waals surface area contributed by atoms with Crippen LogP contribution in [0.4, 0.5) is 0 Å². The minimum Gasteiger partial charge on any atom is -0.310 e. The highest BCUT2D eigenvalue weighted by molar-refractivity contribution is 5.25. The van der Waals surface area contributed by atoms with Crippen LogP contribution < -0.4 is 5.32 Å². The third-order valence-electron chi connectivity index (χ3n) is 3.23. The van der Waals surface area contributed by atoms with Gasteiger partial charge in [0.25, 0.3) is 0 Å². The summed E-state index contributed by atoms with van der Waals surface area (Å²) in [6, 6.07) is 2.61. The van der Waals surface area contributed by atoms with Crippen molar-refractivity contribution in [3.05, 3.63) is 29.6 Å². The van der Waals surface area contributed by atoms with E-state index in [1.807, 2.05) is 12.4 Å². The van der Waals surface area contributed by atoms with Gasteiger partial charge in [-0.05, 0) is 43.0 Å². The Labute approximate surface area is 99.5 Å². The quantitative estimate of drug-likeness (QED) is 0.794. The number of pyridine rings is 1. The molecule has 90 valence electrons. The van der Waals surface area contributed by atoms with E-state index in [1.165, 1.54) is 24.0 Å². The van der Waals surface area contributed by atoms with Crippen LogP contribution in [-0.4, -0.2) is 11.5 Å². The smallest absolute Gasteiger partial charge is 0.0349 e. The van der Waals surface area contributed by atoms with Crippen molar-refractivity contribution in [1.82, 2.24) is 10.3 Å². The third kappa shape index (κ3) is 3.31. The second-order valence-corrected chi connectivity index (χ2v) is 4.55. The van der Waals surface area contributed by atoms with E-state index >= 15 is 0 Å². The van der Waals surface area contributed by atoms with Gasteiger partial charge < -0.3 is 5.32 Å². The highest BCUT2D eigenvalue weighted by Crippen LogP contribution is 2.26. The van der Waals surface area contributed by atoms with Crippen LogP contribution in [0.3, 0.4) is 0 Å². The summed E-state index contributed by atoms with van der Waals surface area (Å²) in [5.74, 6) is 0.660. The summed E-state index contributed by atoms with van der Waals surface area (Å²) in [4.78, 5) is 4.16. The molecule has 0 saturated heterocycles. The molecule has 1 aromatic rings. The van der Waals surface area contributed by atoms with Crippen LogP contribution >= 0.6 is 0 Å². The van der Waals surface area contributed by atoms with Gasteiger partial charge in [0.05, 0.1) is 0 Å². The zero-order valence-corrected chi connectivity index (χ0v) is 11.0. The van der Waals surface area contributed by atoms with Crippen molar-refractivity contribution >= 4 is 0 Å². The average molecular weight is 220 g/mol. The number of hydrogen-bond acceptors (Lipinski definition) is 2. The van der Waals surface area contributed by atoms with E-state index < -0.39 is 0 Å². The molecule has 2 unspecified atom stereocenters. The van der Waals surface area contributed by atoms with Gasteiger partial charge in [0.1, 0.15) is 0 Å². The molecule has 0 fully saturated rings. The zero-order valence-electron chi connectivity index (χ0n) is 11.0. The van der Waals surface area contributed by atoms with Crippen molar-refractivity contribution in [2.45, 2.75) is 46.6 Å². The number of nitrogens with one attached hydrogen (secondary N) is 1. The summed E-state index contributed by atoms with van der Waals surface area (Å²) in [6.07, 6.45) is 6.23. The number of aromatic nitrogens is 1. The van der Waals surface area contributed by atoms with Gasteiger partial charge in [-0.15, -0.1) is 0 Å². The Kier molecular flexibility index (Phi) is 5.47. The molecular formula is C14H24N2. The summed E-state index contributed by atoms with van der Waals surface area (Å²) >= 11 is 0. The van der Waals surface area contributed by atoms with Crippen LogP contribution in [-0.2, 0) is 0 Å². The van der Waals surface area contributed by atoms with Crippen molar-refractivity contribution in [3.8, 4) is 0 Å². The fourth-order valence-corrected chi connectivity index (χ4v) is 1.99. The number of nitrogens with zero attached hydrogens (tertiary/aromatic N) is 1. The Morgan fingerprint density at radius 3 is 2.69 bits per heavy atom. The molecule has 0 spiro atoms. The van der Waals surface area contributed by atoms with Crippen molar-refractivity contribution in [2.75, 3.05) is 6.54 Å². The van der Waals surface area contributed by atoms with E-state index in [1.54, 1.807) is 0 Å². The predicted octanol–water partition coefficient (Wildman–Crippen LogP) is 3.48. The molecule has 2 atom stereocenters. The monoisotopic (exact) mass is 220 g/mol. The molecule has 0 bridgehead atoms. The minimum atomic E-state index is 0.466. The topological polar surface area (TPSA) is 24.9 Å². The zero-order chi connectivity index (χ0) is 12.0. The highest BCUT2D eigenvalue weighted by atomic mass is 14.9. The van der Waals surface area contributed by atoms with Gasteiger partial charge in [0.15, 0.2) is 0 Å². The maximum Gasteiger partial charge on any atom is 0.0349 e. The maximum absolute atomic E-state index is 4.16. The minimum absolute atomic E-state index is 0.466. The standard InChI is InChI=1S/C14H24N2/c1-5-8-16-14(11(3)6-2)13-7-9-15-10-12(13)4/h7,9-11,14,16H,5-6,8H2,1-4H3. The first-order valence-corrected chi connectivity index (χ1v) is 6.34. The molecule has 1 rings (SSSR count). The second kappa shape index (κ2) is 6.64. The molecule has 0 aromatic carbocycles. The van der Waals surface area contributed by atoms with Crippen molar-refractivity contribution in [2.24, 2.45) is 5.92 Å². The van der Waals surface area contributed by atoms with E-state index in [-0.39, 0.29) is 0 Å². The molecule has 1 N–H and O–H groups in total. The first-order chi connectivity index (χ1) is 7.70. The molecule has 0 saturated carbocycles. The molecule has 2 nitrogen and oxygen atoms in total. The predicted molar refractivity (Wildman–Crippen MR) is 69.5 cm³/mol. The summed E-state index contributed by atoms with van der Waals surface area (Å²) in [5, 5.41) is 3.65. The maximum atomic E-state index is 4.16. The lowest BCUT2D eigenvalue weighted by Gasteiger charge is -2.26. The Hall–Kier alpha value is -0.890. The first-order valence-electron chi connectivity index (χ1n) is 6.34. The average Bonchev–Trinajstić information content (AvgIpc) is 2.31. The molecule has 0 aliphatic rings. The van der Waals surface area contributed by atoms with Gasteiger partial charge in [0.2, 0.25) is 0 Å². The number of rotatable bonds is 6. The molecule has 0 aliphatic heterocycles. The summed E-state index contributed by atoms with van der Waals surface area (Å²) in [5.41, 5.74) is 2.69. The lowest BCUT2D eigenvalue weighted by Crippen LogP contribution is -2.28. The fourth-order valence-electron chi connectivity index (χ4n) is 1.99. The van der Waals surface area contributed by atoms with E-state index in [9.17, 15) is 0 Å². The number of hydrogen-bond donors (Lipinski definition) is 1. The van der Waals surface area contributed by atoms with Gasteiger partial charge in [-0.25, -0.2) is 0 Å². The van der Waals surface area contributed by atoms with Crippen LogP contribution in [0.1, 0.15) is 50.8 Å². The van der Waals surface area contributed by atoms with Crippen molar-refractivity contribution < 1.29 is 0 Å². The Balaban J connectivity index is 2.87. The molecule has 2 heteroatoms. The van der Waals surface area contributed by atoms with Crippen molar-refractivity contribution in [3.63, 3.8) is 0 Å². The summed E-state index contributed by atoms with van der Waals surface area (Å²) in [6.45, 7) is 10.00. The highest BCUT2D eigenvalue weighted by Gasteiger charge is 2.18. The summed E-state index contributed by atoms with van der Waals surface area (Å²) in [7, 11) is 0. The molecular weight excluding hydrogens is 196 g/mol. The number of aryl methyl sites for hydroxylation is 1. The van der Waals surface area contributed by atoms with E-state index in [2.05, 4.69) is 44.1 Å². The van der Waals surface area contributed by atoms with Gasteiger partial charge in [-0.2, -0.15) is 0 Å². The molecule has 1 aromatic heterocycles. The van der Waals surface area contributed by atoms with Crippen LogP contribution in [0.25, 0.3) is 0 Å². The summed E-state index contributed by atoms with van der Waals surface area (Å²) < 4.78 is 0. The molecule has 0 amide bonds. The molecule has 16 heavy (non-hydrogen) atoms. The Morgan fingerprint density at radius 1 is 1.38 bits per heavy atom. The van der Waals surface area contributed by atoms with Gasteiger partial charge in [-0.1, -0.05) is 27.2 Å². The van der Waals surface area contributed by atoms with E-state index in [4.69, 9.17) is 0 Å². The molecule has 1 heterocycles. The van der Waals surface area contributed by atoms with Crippen LogP contribution in [0.15, 0.2) is 18.5 Å². The van der Waals surface area contributed by atoms with E-state index in [0.717, 1.165) is 6.54 Å². The SMILES string of the molecule is CCCNC(c1ccncc1C)C(C)CC. The van der Waals surface area contributed by atoms with Gasteiger partial charge in [0, 0.05) is 18.4 Å². The normalized spacial score (nSPS) is 14.8. The van der Waals surface area contributed by atoms with Crippen molar-refractivity contribution in [1.29, 1.82) is 0 Å². The second-order valence-electron chi connectivity index (χ2n) is 4.55. The van der Waals surface area contributed by atoms with Crippen LogP contribution in [0.5, 0.6) is 0 Å². The Bertz CT molecular complexity index is 309. The van der Waals surface area contributed by atoms with Gasteiger partial charge >= 0.3 is 0 Å². The Morgan fingerprint density at radius 2 is 2.12 bits per heavy atom. The fraction of sp³-hybridized carbons (Fsp3) is 0.643. The van der Waals surface area contributed by atoms with Crippen LogP contribution in [0, 0.1) is 12.8 Å². The molecule has 0 aliphatic carbocycles. The lowest BCUT2D eigenvalue weighted by atomic mass is 9.90. The van der Waals surface area contributed by atoms with Crippen LogP contribution in [0.2, 0.25) is 0 Å². The molecule has 0 radical (unpaired) electrons. The lowest BCUT2D eigenvalue weighted by molar-refractivity contribution is 0.375. The van der Waals surface area contributed by atoms with E-state index in [0.29, 0.717) is 12.0 Å². The largest absolute Gasteiger partial charge is 0.310 e. The first kappa shape index (κ1) is 13.2. The van der Waals surface area contributed by atoms with Gasteiger partial charge in [-0.3, -0.25) is 4.98 Å².